The molecule has 1 unspecified atom stereocenters. The number of alkyl halides is 1. The van der Waals surface area contributed by atoms with Crippen LogP contribution in [-0.4, -0.2) is 29.3 Å². The van der Waals surface area contributed by atoms with Crippen LogP contribution < -0.4 is 0 Å². The third-order valence-electron chi connectivity index (χ3n) is 2.29. The third-order valence-corrected chi connectivity index (χ3v) is 2.79. The van der Waals surface area contributed by atoms with Crippen molar-refractivity contribution in [1.82, 2.24) is 4.90 Å². The Morgan fingerprint density at radius 2 is 2.00 bits per heavy atom. The summed E-state index contributed by atoms with van der Waals surface area (Å²) in [6.07, 6.45) is 4.26. The van der Waals surface area contributed by atoms with Crippen molar-refractivity contribution in [1.29, 1.82) is 0 Å². The monoisotopic (exact) mass is 189 g/mol. The van der Waals surface area contributed by atoms with Crippen LogP contribution in [0.3, 0.4) is 0 Å². The summed E-state index contributed by atoms with van der Waals surface area (Å²) >= 11 is 5.86. The zero-order chi connectivity index (χ0) is 8.97. The van der Waals surface area contributed by atoms with Crippen LogP contribution in [0.5, 0.6) is 0 Å². The molecule has 0 aromatic heterocycles. The summed E-state index contributed by atoms with van der Waals surface area (Å²) in [6, 6.07) is 0. The van der Waals surface area contributed by atoms with Crippen LogP contribution >= 0.6 is 11.6 Å². The van der Waals surface area contributed by atoms with E-state index >= 15 is 0 Å². The molecular formula is C9H16ClNO. The Morgan fingerprint density at radius 3 is 2.50 bits per heavy atom. The van der Waals surface area contributed by atoms with Crippen LogP contribution in [-0.2, 0) is 4.79 Å². The van der Waals surface area contributed by atoms with E-state index in [0.717, 1.165) is 32.4 Å². The van der Waals surface area contributed by atoms with Gasteiger partial charge in [-0.05, 0) is 25.7 Å². The Hall–Kier alpha value is -0.240. The number of carbonyl (C=O) groups is 1. The molecule has 12 heavy (non-hydrogen) atoms. The van der Waals surface area contributed by atoms with E-state index in [0.29, 0.717) is 0 Å². The number of halogens is 1. The van der Waals surface area contributed by atoms with Gasteiger partial charge in [-0.1, -0.05) is 6.92 Å². The SMILES string of the molecule is CCC(Cl)C(=O)N1CCCCC1. The maximum atomic E-state index is 11.5. The standard InChI is InChI=1S/C9H16ClNO/c1-2-8(10)9(12)11-6-4-3-5-7-11/h8H,2-7H2,1H3. The molecule has 1 fully saturated rings. The van der Waals surface area contributed by atoms with Crippen molar-refractivity contribution < 1.29 is 4.79 Å². The van der Waals surface area contributed by atoms with Crippen molar-refractivity contribution in [3.8, 4) is 0 Å². The zero-order valence-corrected chi connectivity index (χ0v) is 8.31. The summed E-state index contributed by atoms with van der Waals surface area (Å²) in [5.74, 6) is 0.124. The summed E-state index contributed by atoms with van der Waals surface area (Å²) in [6.45, 7) is 3.75. The van der Waals surface area contributed by atoms with Crippen LogP contribution in [0.15, 0.2) is 0 Å². The number of piperidine rings is 1. The molecule has 0 aromatic carbocycles. The second kappa shape index (κ2) is 4.70. The molecule has 1 amide bonds. The molecule has 0 spiro atoms. The lowest BCUT2D eigenvalue weighted by Crippen LogP contribution is -2.40. The lowest BCUT2D eigenvalue weighted by molar-refractivity contribution is -0.131. The van der Waals surface area contributed by atoms with Crippen LogP contribution in [0.4, 0.5) is 0 Å². The fraction of sp³-hybridized carbons (Fsp3) is 0.889. The van der Waals surface area contributed by atoms with E-state index in [9.17, 15) is 4.79 Å². The first-order valence-electron chi connectivity index (χ1n) is 4.68. The molecule has 1 heterocycles. The number of carbonyl (C=O) groups excluding carboxylic acids is 1. The first kappa shape index (κ1) is 9.85. The molecule has 70 valence electrons. The Morgan fingerprint density at radius 1 is 1.42 bits per heavy atom. The van der Waals surface area contributed by atoms with E-state index in [-0.39, 0.29) is 11.3 Å². The van der Waals surface area contributed by atoms with E-state index in [1.165, 1.54) is 6.42 Å². The molecule has 1 saturated heterocycles. The van der Waals surface area contributed by atoms with Crippen LogP contribution in [0.25, 0.3) is 0 Å². The number of amides is 1. The highest BCUT2D eigenvalue weighted by Crippen LogP contribution is 2.13. The number of nitrogens with zero attached hydrogens (tertiary/aromatic N) is 1. The minimum atomic E-state index is -0.303. The van der Waals surface area contributed by atoms with Crippen LogP contribution in [0.1, 0.15) is 32.6 Å². The second-order valence-electron chi connectivity index (χ2n) is 3.26. The van der Waals surface area contributed by atoms with E-state index in [1.54, 1.807) is 0 Å². The summed E-state index contributed by atoms with van der Waals surface area (Å²) < 4.78 is 0. The first-order valence-corrected chi connectivity index (χ1v) is 5.12. The second-order valence-corrected chi connectivity index (χ2v) is 3.79. The summed E-state index contributed by atoms with van der Waals surface area (Å²) in [4.78, 5) is 13.4. The van der Waals surface area contributed by atoms with Crippen molar-refractivity contribution >= 4 is 17.5 Å². The normalized spacial score (nSPS) is 20.7. The molecule has 0 saturated carbocycles. The van der Waals surface area contributed by atoms with Crippen LogP contribution in [0.2, 0.25) is 0 Å². The van der Waals surface area contributed by atoms with Gasteiger partial charge >= 0.3 is 0 Å². The van der Waals surface area contributed by atoms with E-state index in [4.69, 9.17) is 11.6 Å². The smallest absolute Gasteiger partial charge is 0.240 e. The van der Waals surface area contributed by atoms with Gasteiger partial charge in [-0.15, -0.1) is 11.6 Å². The minimum Gasteiger partial charge on any atom is -0.341 e. The van der Waals surface area contributed by atoms with Gasteiger partial charge in [0.05, 0.1) is 0 Å². The summed E-state index contributed by atoms with van der Waals surface area (Å²) in [7, 11) is 0. The highest BCUT2D eigenvalue weighted by molar-refractivity contribution is 6.30. The maximum absolute atomic E-state index is 11.5. The van der Waals surface area contributed by atoms with Crippen molar-refractivity contribution in [3.63, 3.8) is 0 Å². The Labute approximate surface area is 78.9 Å². The van der Waals surface area contributed by atoms with Gasteiger partial charge in [0.2, 0.25) is 5.91 Å². The molecule has 1 aliphatic heterocycles. The summed E-state index contributed by atoms with van der Waals surface area (Å²) in [5, 5.41) is -0.303. The molecule has 0 bridgehead atoms. The number of hydrogen-bond donors (Lipinski definition) is 0. The molecule has 0 aliphatic carbocycles. The van der Waals surface area contributed by atoms with Crippen molar-refractivity contribution in [2.45, 2.75) is 38.0 Å². The van der Waals surface area contributed by atoms with Gasteiger partial charge < -0.3 is 4.90 Å². The van der Waals surface area contributed by atoms with Crippen molar-refractivity contribution in [3.05, 3.63) is 0 Å². The van der Waals surface area contributed by atoms with Crippen LogP contribution in [0, 0.1) is 0 Å². The third kappa shape index (κ3) is 2.37. The molecule has 1 rings (SSSR count). The fourth-order valence-electron chi connectivity index (χ4n) is 1.49. The van der Waals surface area contributed by atoms with Gasteiger partial charge in [0.25, 0.3) is 0 Å². The average molecular weight is 190 g/mol. The predicted octanol–water partition coefficient (Wildman–Crippen LogP) is 2.02. The Balaban J connectivity index is 2.39. The van der Waals surface area contributed by atoms with E-state index < -0.39 is 0 Å². The Kier molecular flexibility index (Phi) is 3.86. The fourth-order valence-corrected chi connectivity index (χ4v) is 1.63. The minimum absolute atomic E-state index is 0.124. The van der Waals surface area contributed by atoms with Gasteiger partial charge in [0, 0.05) is 13.1 Å². The molecule has 3 heteroatoms. The van der Waals surface area contributed by atoms with E-state index in [1.807, 2.05) is 11.8 Å². The van der Waals surface area contributed by atoms with Gasteiger partial charge in [0.15, 0.2) is 0 Å². The van der Waals surface area contributed by atoms with Gasteiger partial charge in [-0.2, -0.15) is 0 Å². The zero-order valence-electron chi connectivity index (χ0n) is 7.55. The molecule has 2 nitrogen and oxygen atoms in total. The molecule has 1 atom stereocenters. The lowest BCUT2D eigenvalue weighted by atomic mass is 10.1. The molecule has 0 radical (unpaired) electrons. The first-order chi connectivity index (χ1) is 5.75. The van der Waals surface area contributed by atoms with E-state index in [2.05, 4.69) is 0 Å². The van der Waals surface area contributed by atoms with Crippen molar-refractivity contribution in [2.75, 3.05) is 13.1 Å². The molecular weight excluding hydrogens is 174 g/mol. The molecule has 0 aromatic rings. The Bertz CT molecular complexity index is 155. The average Bonchev–Trinajstić information content (AvgIpc) is 2.17. The molecule has 1 aliphatic rings. The van der Waals surface area contributed by atoms with Gasteiger partial charge in [-0.3, -0.25) is 4.79 Å². The predicted molar refractivity (Wildman–Crippen MR) is 50.4 cm³/mol. The topological polar surface area (TPSA) is 20.3 Å². The lowest BCUT2D eigenvalue weighted by Gasteiger charge is -2.28. The van der Waals surface area contributed by atoms with Crippen molar-refractivity contribution in [2.24, 2.45) is 0 Å². The largest absolute Gasteiger partial charge is 0.341 e. The van der Waals surface area contributed by atoms with Gasteiger partial charge in [-0.25, -0.2) is 0 Å². The highest BCUT2D eigenvalue weighted by atomic mass is 35.5. The number of likely N-dealkylation sites (tertiary alicyclic amines) is 1. The maximum Gasteiger partial charge on any atom is 0.240 e. The molecule has 0 N–H and O–H groups in total. The van der Waals surface area contributed by atoms with Gasteiger partial charge in [0.1, 0.15) is 5.38 Å². The number of rotatable bonds is 2. The quantitative estimate of drug-likeness (QED) is 0.609. The number of hydrogen-bond acceptors (Lipinski definition) is 1. The highest BCUT2D eigenvalue weighted by Gasteiger charge is 2.21. The summed E-state index contributed by atoms with van der Waals surface area (Å²) in [5.41, 5.74) is 0.